The fraction of sp³-hybridized carbons (Fsp3) is 0.929. The normalized spacial score (nSPS) is 17.9. The van der Waals surface area contributed by atoms with Gasteiger partial charge < -0.3 is 16.0 Å². The highest BCUT2D eigenvalue weighted by atomic mass is 127. The lowest BCUT2D eigenvalue weighted by Crippen LogP contribution is -2.40. The summed E-state index contributed by atoms with van der Waals surface area (Å²) in [6, 6.07) is 0.546. The second-order valence-electron chi connectivity index (χ2n) is 5.13. The molecule has 1 aliphatic rings. The summed E-state index contributed by atoms with van der Waals surface area (Å²) in [5, 5.41) is 3.38. The number of halogens is 1. The molecule has 0 atom stereocenters. The van der Waals surface area contributed by atoms with E-state index in [4.69, 9.17) is 5.73 Å². The molecule has 0 aromatic heterocycles. The quantitative estimate of drug-likeness (QED) is 0.321. The number of nitrogens with one attached hydrogen (secondary N) is 1. The molecular weight excluding hydrogens is 351 g/mol. The van der Waals surface area contributed by atoms with Crippen molar-refractivity contribution < 1.29 is 0 Å². The van der Waals surface area contributed by atoms with Crippen LogP contribution >= 0.6 is 24.0 Å². The van der Waals surface area contributed by atoms with Crippen molar-refractivity contribution in [1.29, 1.82) is 0 Å². The molecule has 0 heterocycles. The molecule has 114 valence electrons. The molecule has 4 nitrogen and oxygen atoms in total. The molecule has 1 fully saturated rings. The molecule has 0 aliphatic heterocycles. The van der Waals surface area contributed by atoms with E-state index in [1.807, 2.05) is 0 Å². The first-order valence-corrected chi connectivity index (χ1v) is 7.55. The van der Waals surface area contributed by atoms with Gasteiger partial charge in [-0.05, 0) is 25.9 Å². The lowest BCUT2D eigenvalue weighted by Gasteiger charge is -2.18. The second kappa shape index (κ2) is 11.8. The first-order valence-electron chi connectivity index (χ1n) is 7.55. The molecule has 1 rings (SSSR count). The number of hydrogen-bond donors (Lipinski definition) is 2. The van der Waals surface area contributed by atoms with E-state index < -0.39 is 0 Å². The average molecular weight is 382 g/mol. The number of guanidine groups is 1. The van der Waals surface area contributed by atoms with Gasteiger partial charge in [0, 0.05) is 12.6 Å². The van der Waals surface area contributed by atoms with E-state index >= 15 is 0 Å². The first kappa shape index (κ1) is 19.0. The lowest BCUT2D eigenvalue weighted by atomic mass is 10.1. The van der Waals surface area contributed by atoms with Crippen LogP contribution in [0.2, 0.25) is 0 Å². The van der Waals surface area contributed by atoms with Crippen LogP contribution in [0.4, 0.5) is 0 Å². The van der Waals surface area contributed by atoms with Crippen LogP contribution in [0.3, 0.4) is 0 Å². The molecule has 19 heavy (non-hydrogen) atoms. The molecule has 0 amide bonds. The lowest BCUT2D eigenvalue weighted by molar-refractivity contribution is 0.313. The molecule has 0 bridgehead atoms. The van der Waals surface area contributed by atoms with Gasteiger partial charge in [0.15, 0.2) is 5.96 Å². The van der Waals surface area contributed by atoms with Crippen molar-refractivity contribution in [3.63, 3.8) is 0 Å². The Kier molecular flexibility index (Phi) is 11.7. The Bertz CT molecular complexity index is 234. The van der Waals surface area contributed by atoms with Gasteiger partial charge in [0.25, 0.3) is 0 Å². The summed E-state index contributed by atoms with van der Waals surface area (Å²) >= 11 is 0. The molecule has 5 heteroatoms. The van der Waals surface area contributed by atoms with E-state index in [1.165, 1.54) is 38.5 Å². The van der Waals surface area contributed by atoms with Crippen LogP contribution in [-0.2, 0) is 0 Å². The Hall–Kier alpha value is -0.0400. The van der Waals surface area contributed by atoms with Gasteiger partial charge in [-0.25, -0.2) is 0 Å². The van der Waals surface area contributed by atoms with Gasteiger partial charge in [0.1, 0.15) is 0 Å². The van der Waals surface area contributed by atoms with E-state index in [2.05, 4.69) is 29.1 Å². The number of hydrogen-bond acceptors (Lipinski definition) is 2. The van der Waals surface area contributed by atoms with Gasteiger partial charge in [0.2, 0.25) is 0 Å². The largest absolute Gasteiger partial charge is 0.370 e. The van der Waals surface area contributed by atoms with E-state index in [0.29, 0.717) is 12.0 Å². The van der Waals surface area contributed by atoms with E-state index in [-0.39, 0.29) is 24.0 Å². The van der Waals surface area contributed by atoms with Crippen LogP contribution in [0.15, 0.2) is 4.99 Å². The summed E-state index contributed by atoms with van der Waals surface area (Å²) in [5.74, 6) is 0.633. The van der Waals surface area contributed by atoms with Crippen LogP contribution in [0.25, 0.3) is 0 Å². The zero-order valence-electron chi connectivity index (χ0n) is 12.5. The zero-order valence-corrected chi connectivity index (χ0v) is 14.9. The summed E-state index contributed by atoms with van der Waals surface area (Å²) in [6.45, 7) is 8.33. The smallest absolute Gasteiger partial charge is 0.188 e. The average Bonchev–Trinajstić information content (AvgIpc) is 2.63. The Morgan fingerprint density at radius 1 is 1.16 bits per heavy atom. The predicted molar refractivity (Wildman–Crippen MR) is 94.3 cm³/mol. The summed E-state index contributed by atoms with van der Waals surface area (Å²) in [5.41, 5.74) is 5.95. The third kappa shape index (κ3) is 8.68. The van der Waals surface area contributed by atoms with E-state index in [1.54, 1.807) is 0 Å². The maximum atomic E-state index is 5.95. The van der Waals surface area contributed by atoms with Gasteiger partial charge in [-0.1, -0.05) is 39.5 Å². The summed E-state index contributed by atoms with van der Waals surface area (Å²) in [7, 11) is 0. The minimum atomic E-state index is 0. The molecule has 0 spiro atoms. The molecule has 1 saturated carbocycles. The minimum Gasteiger partial charge on any atom is -0.370 e. The number of aliphatic imine (C=N–C) groups is 1. The van der Waals surface area contributed by atoms with Gasteiger partial charge in [-0.2, -0.15) is 0 Å². The molecule has 0 saturated heterocycles. The Labute approximate surface area is 135 Å². The van der Waals surface area contributed by atoms with Crippen molar-refractivity contribution in [2.75, 3.05) is 26.2 Å². The van der Waals surface area contributed by atoms with Crippen LogP contribution < -0.4 is 11.1 Å². The topological polar surface area (TPSA) is 53.6 Å². The van der Waals surface area contributed by atoms with Crippen LogP contribution in [0.1, 0.15) is 52.4 Å². The Morgan fingerprint density at radius 3 is 2.26 bits per heavy atom. The first-order chi connectivity index (χ1) is 8.76. The fourth-order valence-corrected chi connectivity index (χ4v) is 2.53. The molecular formula is C14H31IN4. The van der Waals surface area contributed by atoms with Gasteiger partial charge in [0.05, 0.1) is 6.54 Å². The van der Waals surface area contributed by atoms with Crippen molar-refractivity contribution in [2.45, 2.75) is 58.4 Å². The summed E-state index contributed by atoms with van der Waals surface area (Å²) in [6.07, 6.45) is 7.88. The summed E-state index contributed by atoms with van der Waals surface area (Å²) < 4.78 is 0. The SMILES string of the molecule is CCN(CC)CCN=C(N)NC1CCCCCC1.I. The molecule has 0 aromatic carbocycles. The summed E-state index contributed by atoms with van der Waals surface area (Å²) in [4.78, 5) is 6.79. The van der Waals surface area contributed by atoms with Crippen LogP contribution in [-0.4, -0.2) is 43.1 Å². The standard InChI is InChI=1S/C14H30N4.HI/c1-3-18(4-2)12-11-16-14(15)17-13-9-7-5-6-8-10-13;/h13H,3-12H2,1-2H3,(H3,15,16,17);1H. The fourth-order valence-electron chi connectivity index (χ4n) is 2.53. The highest BCUT2D eigenvalue weighted by Gasteiger charge is 2.12. The van der Waals surface area contributed by atoms with Gasteiger partial charge >= 0.3 is 0 Å². The van der Waals surface area contributed by atoms with Crippen molar-refractivity contribution in [3.8, 4) is 0 Å². The van der Waals surface area contributed by atoms with Crippen molar-refractivity contribution in [2.24, 2.45) is 10.7 Å². The number of nitrogens with zero attached hydrogens (tertiary/aromatic N) is 2. The van der Waals surface area contributed by atoms with Crippen molar-refractivity contribution in [3.05, 3.63) is 0 Å². The highest BCUT2D eigenvalue weighted by molar-refractivity contribution is 14.0. The third-order valence-electron chi connectivity index (χ3n) is 3.80. The number of nitrogens with two attached hydrogens (primary N) is 1. The second-order valence-corrected chi connectivity index (χ2v) is 5.13. The van der Waals surface area contributed by atoms with Gasteiger partial charge in [-0.3, -0.25) is 4.99 Å². The van der Waals surface area contributed by atoms with Crippen molar-refractivity contribution >= 4 is 29.9 Å². The zero-order chi connectivity index (χ0) is 13.2. The minimum absolute atomic E-state index is 0. The number of likely N-dealkylation sites (N-methyl/N-ethyl adjacent to an activating group) is 1. The van der Waals surface area contributed by atoms with Gasteiger partial charge in [-0.15, -0.1) is 24.0 Å². The monoisotopic (exact) mass is 382 g/mol. The van der Waals surface area contributed by atoms with Crippen molar-refractivity contribution in [1.82, 2.24) is 10.2 Å². The Morgan fingerprint density at radius 2 is 1.74 bits per heavy atom. The molecule has 0 unspecified atom stereocenters. The molecule has 0 radical (unpaired) electrons. The van der Waals surface area contributed by atoms with E-state index in [0.717, 1.165) is 26.2 Å². The third-order valence-corrected chi connectivity index (χ3v) is 3.80. The maximum absolute atomic E-state index is 5.95. The molecule has 1 aliphatic carbocycles. The Balaban J connectivity index is 0.00000324. The highest BCUT2D eigenvalue weighted by Crippen LogP contribution is 2.16. The van der Waals surface area contributed by atoms with Crippen LogP contribution in [0.5, 0.6) is 0 Å². The molecule has 3 N–H and O–H groups in total. The predicted octanol–water partition coefficient (Wildman–Crippen LogP) is 2.57. The van der Waals surface area contributed by atoms with E-state index in [9.17, 15) is 0 Å². The number of rotatable bonds is 6. The maximum Gasteiger partial charge on any atom is 0.188 e. The van der Waals surface area contributed by atoms with Crippen LogP contribution in [0, 0.1) is 0 Å². The molecule has 0 aromatic rings.